The fourth-order valence-corrected chi connectivity index (χ4v) is 2.88. The van der Waals surface area contributed by atoms with Crippen LogP contribution < -0.4 is 4.90 Å². The van der Waals surface area contributed by atoms with Crippen molar-refractivity contribution in [2.45, 2.75) is 13.1 Å². The van der Waals surface area contributed by atoms with Gasteiger partial charge in [-0.25, -0.2) is 9.97 Å². The number of nitrogens with zero attached hydrogens (tertiary/aromatic N) is 4. The maximum Gasteiger partial charge on any atom is 0.433 e. The summed E-state index contributed by atoms with van der Waals surface area (Å²) in [5.74, 6) is 0.121. The monoisotopic (exact) mass is 370 g/mol. The van der Waals surface area contributed by atoms with Crippen LogP contribution in [0.4, 0.5) is 19.1 Å². The molecule has 4 nitrogen and oxygen atoms in total. The predicted octanol–water partition coefficient (Wildman–Crippen LogP) is 3.96. The summed E-state index contributed by atoms with van der Waals surface area (Å²) in [5, 5.41) is 0.518. The predicted molar refractivity (Wildman–Crippen MR) is 91.8 cm³/mol. The fourth-order valence-electron chi connectivity index (χ4n) is 2.75. The summed E-state index contributed by atoms with van der Waals surface area (Å²) in [6, 6.07) is 7.56. The Morgan fingerprint density at radius 3 is 2.24 bits per heavy atom. The van der Waals surface area contributed by atoms with E-state index in [4.69, 9.17) is 11.6 Å². The molecule has 1 aliphatic heterocycles. The Hall–Kier alpha value is -1.86. The molecule has 0 aliphatic carbocycles. The number of hydrogen-bond donors (Lipinski definition) is 0. The van der Waals surface area contributed by atoms with Gasteiger partial charge in [0, 0.05) is 36.8 Å². The zero-order valence-electron chi connectivity index (χ0n) is 13.7. The number of likely N-dealkylation sites (N-methyl/N-ethyl adjacent to an activating group) is 1. The SMILES string of the molecule is CCN1CCN(c2nc(-c3ccc(Cl)cc3)cc(C(F)(F)F)n2)CC1. The number of aromatic nitrogens is 2. The molecular weight excluding hydrogens is 353 g/mol. The van der Waals surface area contributed by atoms with Crippen molar-refractivity contribution in [1.29, 1.82) is 0 Å². The van der Waals surface area contributed by atoms with Gasteiger partial charge >= 0.3 is 6.18 Å². The smallest absolute Gasteiger partial charge is 0.338 e. The average Bonchev–Trinajstić information content (AvgIpc) is 2.61. The lowest BCUT2D eigenvalue weighted by Gasteiger charge is -2.34. The second kappa shape index (κ2) is 7.17. The van der Waals surface area contributed by atoms with Gasteiger partial charge < -0.3 is 9.80 Å². The molecule has 0 saturated carbocycles. The van der Waals surface area contributed by atoms with Crippen LogP contribution in [0.5, 0.6) is 0 Å². The van der Waals surface area contributed by atoms with Crippen LogP contribution in [0.2, 0.25) is 5.02 Å². The van der Waals surface area contributed by atoms with Crippen molar-refractivity contribution in [3.63, 3.8) is 0 Å². The van der Waals surface area contributed by atoms with Crippen LogP contribution in [0.1, 0.15) is 12.6 Å². The van der Waals surface area contributed by atoms with Crippen LogP contribution in [0.15, 0.2) is 30.3 Å². The first kappa shape index (κ1) is 17.9. The summed E-state index contributed by atoms with van der Waals surface area (Å²) in [4.78, 5) is 12.2. The van der Waals surface area contributed by atoms with Gasteiger partial charge in [0.2, 0.25) is 5.95 Å². The Balaban J connectivity index is 1.97. The highest BCUT2D eigenvalue weighted by atomic mass is 35.5. The van der Waals surface area contributed by atoms with Gasteiger partial charge in [0.05, 0.1) is 5.69 Å². The lowest BCUT2D eigenvalue weighted by atomic mass is 10.1. The van der Waals surface area contributed by atoms with Gasteiger partial charge in [-0.2, -0.15) is 13.2 Å². The molecule has 2 aromatic rings. The molecule has 1 aliphatic rings. The quantitative estimate of drug-likeness (QED) is 0.818. The zero-order chi connectivity index (χ0) is 18.0. The summed E-state index contributed by atoms with van der Waals surface area (Å²) >= 11 is 5.86. The maximum atomic E-state index is 13.3. The first-order valence-corrected chi connectivity index (χ1v) is 8.44. The number of halogens is 4. The number of piperazine rings is 1. The van der Waals surface area contributed by atoms with Gasteiger partial charge in [-0.05, 0) is 24.7 Å². The molecule has 0 atom stereocenters. The van der Waals surface area contributed by atoms with E-state index in [1.165, 1.54) is 0 Å². The molecule has 0 radical (unpaired) electrons. The van der Waals surface area contributed by atoms with Crippen molar-refractivity contribution in [2.75, 3.05) is 37.6 Å². The first-order valence-electron chi connectivity index (χ1n) is 8.06. The van der Waals surface area contributed by atoms with Crippen molar-refractivity contribution >= 4 is 17.5 Å². The minimum atomic E-state index is -4.52. The molecule has 0 N–H and O–H groups in total. The summed E-state index contributed by atoms with van der Waals surface area (Å²) in [6.07, 6.45) is -4.52. The van der Waals surface area contributed by atoms with Crippen LogP contribution in [-0.4, -0.2) is 47.6 Å². The molecule has 0 bridgehead atoms. The van der Waals surface area contributed by atoms with Crippen molar-refractivity contribution in [3.05, 3.63) is 41.0 Å². The Morgan fingerprint density at radius 2 is 1.68 bits per heavy atom. The van der Waals surface area contributed by atoms with Gasteiger partial charge in [-0.15, -0.1) is 0 Å². The summed E-state index contributed by atoms with van der Waals surface area (Å²) in [5.41, 5.74) is -0.113. The zero-order valence-corrected chi connectivity index (χ0v) is 14.5. The third-order valence-electron chi connectivity index (χ3n) is 4.25. The molecule has 25 heavy (non-hydrogen) atoms. The molecule has 0 spiro atoms. The van der Waals surface area contributed by atoms with Crippen LogP contribution in [0, 0.1) is 0 Å². The van der Waals surface area contributed by atoms with Crippen molar-refractivity contribution in [2.24, 2.45) is 0 Å². The normalized spacial score (nSPS) is 16.3. The Kier molecular flexibility index (Phi) is 5.15. The van der Waals surface area contributed by atoms with E-state index in [2.05, 4.69) is 21.8 Å². The van der Waals surface area contributed by atoms with Crippen LogP contribution >= 0.6 is 11.6 Å². The van der Waals surface area contributed by atoms with Crippen molar-refractivity contribution in [1.82, 2.24) is 14.9 Å². The molecule has 1 aromatic heterocycles. The highest BCUT2D eigenvalue weighted by molar-refractivity contribution is 6.30. The van der Waals surface area contributed by atoms with Crippen LogP contribution in [0.3, 0.4) is 0 Å². The number of hydrogen-bond acceptors (Lipinski definition) is 4. The van der Waals surface area contributed by atoms with Gasteiger partial charge in [0.15, 0.2) is 5.69 Å². The fraction of sp³-hybridized carbons (Fsp3) is 0.412. The minimum Gasteiger partial charge on any atom is -0.338 e. The topological polar surface area (TPSA) is 32.3 Å². The van der Waals surface area contributed by atoms with E-state index in [9.17, 15) is 13.2 Å². The molecule has 134 valence electrons. The summed E-state index contributed by atoms with van der Waals surface area (Å²) in [7, 11) is 0. The summed E-state index contributed by atoms with van der Waals surface area (Å²) in [6.45, 7) is 5.77. The lowest BCUT2D eigenvalue weighted by Crippen LogP contribution is -2.46. The van der Waals surface area contributed by atoms with E-state index in [0.29, 0.717) is 23.7 Å². The standard InChI is InChI=1S/C17H18ClF3N4/c1-2-24-7-9-25(10-8-24)16-22-14(11-15(23-16)17(19,20)21)12-3-5-13(18)6-4-12/h3-6,11H,2,7-10H2,1H3. The third kappa shape index (κ3) is 4.22. The number of alkyl halides is 3. The molecule has 8 heteroatoms. The molecule has 1 fully saturated rings. The average molecular weight is 371 g/mol. The molecule has 3 rings (SSSR count). The molecule has 1 aromatic carbocycles. The largest absolute Gasteiger partial charge is 0.433 e. The van der Waals surface area contributed by atoms with Crippen LogP contribution in [0.25, 0.3) is 11.3 Å². The molecule has 1 saturated heterocycles. The van der Waals surface area contributed by atoms with E-state index >= 15 is 0 Å². The summed E-state index contributed by atoms with van der Waals surface area (Å²) < 4.78 is 39.8. The second-order valence-corrected chi connectivity index (χ2v) is 6.30. The highest BCUT2D eigenvalue weighted by Crippen LogP contribution is 2.32. The van der Waals surface area contributed by atoms with E-state index in [1.807, 2.05) is 0 Å². The maximum absolute atomic E-state index is 13.3. The Labute approximate surface area is 149 Å². The Bertz CT molecular complexity index is 726. The number of benzene rings is 1. The minimum absolute atomic E-state index is 0.121. The molecule has 0 amide bonds. The second-order valence-electron chi connectivity index (χ2n) is 5.86. The van der Waals surface area contributed by atoms with E-state index in [-0.39, 0.29) is 11.6 Å². The van der Waals surface area contributed by atoms with Gasteiger partial charge in [-0.3, -0.25) is 0 Å². The van der Waals surface area contributed by atoms with Gasteiger partial charge in [0.25, 0.3) is 0 Å². The van der Waals surface area contributed by atoms with E-state index < -0.39 is 11.9 Å². The van der Waals surface area contributed by atoms with E-state index in [1.54, 1.807) is 29.2 Å². The number of anilines is 1. The Morgan fingerprint density at radius 1 is 1.04 bits per heavy atom. The molecule has 0 unspecified atom stereocenters. The lowest BCUT2D eigenvalue weighted by molar-refractivity contribution is -0.141. The van der Waals surface area contributed by atoms with Crippen molar-refractivity contribution < 1.29 is 13.2 Å². The highest BCUT2D eigenvalue weighted by Gasteiger charge is 2.34. The van der Waals surface area contributed by atoms with Gasteiger partial charge in [-0.1, -0.05) is 30.7 Å². The van der Waals surface area contributed by atoms with Crippen molar-refractivity contribution in [3.8, 4) is 11.3 Å². The first-order chi connectivity index (χ1) is 11.9. The molecular formula is C17H18ClF3N4. The number of rotatable bonds is 3. The van der Waals surface area contributed by atoms with Crippen LogP contribution in [-0.2, 0) is 6.18 Å². The van der Waals surface area contributed by atoms with E-state index in [0.717, 1.165) is 25.7 Å². The van der Waals surface area contributed by atoms with Gasteiger partial charge in [0.1, 0.15) is 0 Å². The molecule has 2 heterocycles. The third-order valence-corrected chi connectivity index (χ3v) is 4.50.